The van der Waals surface area contributed by atoms with Gasteiger partial charge in [-0.15, -0.1) is 0 Å². The van der Waals surface area contributed by atoms with Crippen molar-refractivity contribution in [2.45, 2.75) is 6.54 Å². The van der Waals surface area contributed by atoms with Gasteiger partial charge in [-0.25, -0.2) is 4.98 Å². The van der Waals surface area contributed by atoms with Gasteiger partial charge >= 0.3 is 0 Å². The lowest BCUT2D eigenvalue weighted by Gasteiger charge is -2.33. The summed E-state index contributed by atoms with van der Waals surface area (Å²) in [5.74, 6) is 0. The quantitative estimate of drug-likeness (QED) is 0.698. The number of fused-ring (bicyclic) bond motifs is 1. The highest BCUT2D eigenvalue weighted by atomic mass is 32.1. The summed E-state index contributed by atoms with van der Waals surface area (Å²) in [6, 6.07) is 10.5. The maximum Gasteiger partial charge on any atom is 0.292 e. The van der Waals surface area contributed by atoms with Gasteiger partial charge in [0.05, 0.1) is 0 Å². The molecule has 3 heterocycles. The highest BCUT2D eigenvalue weighted by molar-refractivity contribution is 7.14. The summed E-state index contributed by atoms with van der Waals surface area (Å²) in [6.45, 7) is 4.85. The minimum Gasteiger partial charge on any atom is -0.373 e. The van der Waals surface area contributed by atoms with Gasteiger partial charge in [0.1, 0.15) is 10.9 Å². The Morgan fingerprint density at radius 2 is 1.91 bits per heavy atom. The summed E-state index contributed by atoms with van der Waals surface area (Å²) in [6.07, 6.45) is 3.38. The van der Waals surface area contributed by atoms with E-state index < -0.39 is 0 Å². The Morgan fingerprint density at radius 3 is 2.65 bits per heavy atom. The van der Waals surface area contributed by atoms with Crippen LogP contribution in [0.25, 0.3) is 11.2 Å². The molecule has 1 saturated heterocycles. The molecule has 1 aromatic carbocycles. The van der Waals surface area contributed by atoms with Crippen LogP contribution in [-0.4, -0.2) is 50.6 Å². The lowest BCUT2D eigenvalue weighted by Crippen LogP contribution is -2.44. The lowest BCUT2D eigenvalue weighted by molar-refractivity contribution is 0.173. The fraction of sp³-hybridized carbons (Fsp3) is 0.312. The molecule has 0 saturated carbocycles. The Balaban J connectivity index is 1.43. The smallest absolute Gasteiger partial charge is 0.292 e. The van der Waals surface area contributed by atoms with Gasteiger partial charge in [0.2, 0.25) is 4.96 Å². The number of benzene rings is 1. The van der Waals surface area contributed by atoms with E-state index in [1.54, 1.807) is 0 Å². The molecule has 4 rings (SSSR count). The average Bonchev–Trinajstić information content (AvgIpc) is 3.14. The highest BCUT2D eigenvalue weighted by Crippen LogP contribution is 2.08. The summed E-state index contributed by atoms with van der Waals surface area (Å²) in [5.41, 5.74) is 1.27. The SMILES string of the molecule is O=c1/c(=C/N2CCN(Cc3ccccc3)CC2)sc2ncnn12. The molecule has 0 bridgehead atoms. The average molecular weight is 327 g/mol. The van der Waals surface area contributed by atoms with Crippen LogP contribution in [0.4, 0.5) is 0 Å². The van der Waals surface area contributed by atoms with Crippen molar-refractivity contribution in [3.8, 4) is 0 Å². The zero-order valence-corrected chi connectivity index (χ0v) is 13.4. The molecule has 0 aliphatic carbocycles. The molecule has 118 valence electrons. The van der Waals surface area contributed by atoms with E-state index in [4.69, 9.17) is 0 Å². The Hall–Kier alpha value is -2.25. The van der Waals surface area contributed by atoms with E-state index in [0.29, 0.717) is 9.49 Å². The van der Waals surface area contributed by atoms with E-state index in [1.165, 1.54) is 27.7 Å². The molecule has 0 N–H and O–H groups in total. The molecule has 0 spiro atoms. The van der Waals surface area contributed by atoms with Crippen molar-refractivity contribution < 1.29 is 0 Å². The standard InChI is InChI=1S/C16H17N5OS/c22-15-14(23-16-17-12-18-21(15)16)11-20-8-6-19(7-9-20)10-13-4-2-1-3-5-13/h1-5,11-12H,6-10H2/b14-11-. The molecule has 2 aromatic heterocycles. The van der Waals surface area contributed by atoms with E-state index in [2.05, 4.69) is 44.1 Å². The summed E-state index contributed by atoms with van der Waals surface area (Å²) in [4.78, 5) is 21.6. The fourth-order valence-electron chi connectivity index (χ4n) is 2.83. The van der Waals surface area contributed by atoms with Gasteiger partial charge in [0.15, 0.2) is 0 Å². The largest absolute Gasteiger partial charge is 0.373 e. The third-order valence-electron chi connectivity index (χ3n) is 4.08. The van der Waals surface area contributed by atoms with Crippen LogP contribution in [0.5, 0.6) is 0 Å². The fourth-order valence-corrected chi connectivity index (χ4v) is 3.71. The molecule has 1 aliphatic heterocycles. The van der Waals surface area contributed by atoms with Crippen LogP contribution < -0.4 is 10.1 Å². The maximum absolute atomic E-state index is 12.2. The van der Waals surface area contributed by atoms with Crippen molar-refractivity contribution in [1.29, 1.82) is 0 Å². The maximum atomic E-state index is 12.2. The Morgan fingerprint density at radius 1 is 1.13 bits per heavy atom. The van der Waals surface area contributed by atoms with E-state index in [0.717, 1.165) is 32.7 Å². The number of hydrogen-bond acceptors (Lipinski definition) is 6. The van der Waals surface area contributed by atoms with Crippen LogP contribution in [0.1, 0.15) is 5.56 Å². The van der Waals surface area contributed by atoms with Crippen LogP contribution in [-0.2, 0) is 6.54 Å². The molecular formula is C16H17N5OS. The van der Waals surface area contributed by atoms with Gasteiger partial charge in [-0.1, -0.05) is 41.7 Å². The lowest BCUT2D eigenvalue weighted by atomic mass is 10.2. The highest BCUT2D eigenvalue weighted by Gasteiger charge is 2.15. The summed E-state index contributed by atoms with van der Waals surface area (Å²) in [7, 11) is 0. The first-order chi connectivity index (χ1) is 11.3. The third-order valence-corrected chi connectivity index (χ3v) is 5.04. The van der Waals surface area contributed by atoms with Crippen molar-refractivity contribution in [1.82, 2.24) is 24.4 Å². The zero-order valence-electron chi connectivity index (χ0n) is 12.6. The first-order valence-corrected chi connectivity index (χ1v) is 8.46. The molecular weight excluding hydrogens is 310 g/mol. The second-order valence-corrected chi connectivity index (χ2v) is 6.66. The molecule has 6 nitrogen and oxygen atoms in total. The van der Waals surface area contributed by atoms with Crippen LogP contribution in [0, 0.1) is 0 Å². The second-order valence-electron chi connectivity index (χ2n) is 5.65. The number of aromatic nitrogens is 3. The molecule has 0 amide bonds. The van der Waals surface area contributed by atoms with Gasteiger partial charge in [-0.2, -0.15) is 9.61 Å². The predicted octanol–water partition coefficient (Wildman–Crippen LogP) is 0.426. The predicted molar refractivity (Wildman–Crippen MR) is 90.1 cm³/mol. The summed E-state index contributed by atoms with van der Waals surface area (Å²) in [5, 5.41) is 3.95. The number of nitrogens with zero attached hydrogens (tertiary/aromatic N) is 5. The first-order valence-electron chi connectivity index (χ1n) is 7.64. The molecule has 23 heavy (non-hydrogen) atoms. The van der Waals surface area contributed by atoms with Gasteiger partial charge in [0, 0.05) is 38.9 Å². The monoisotopic (exact) mass is 327 g/mol. The van der Waals surface area contributed by atoms with Gasteiger partial charge in [-0.05, 0) is 5.56 Å². The number of thiazole rings is 1. The van der Waals surface area contributed by atoms with Gasteiger partial charge < -0.3 is 4.90 Å². The van der Waals surface area contributed by atoms with Gasteiger partial charge in [-0.3, -0.25) is 9.69 Å². The molecule has 0 atom stereocenters. The second kappa shape index (κ2) is 6.10. The normalized spacial score (nSPS) is 17.2. The van der Waals surface area contributed by atoms with Crippen molar-refractivity contribution >= 4 is 22.5 Å². The van der Waals surface area contributed by atoms with E-state index >= 15 is 0 Å². The number of piperazine rings is 1. The topological polar surface area (TPSA) is 53.7 Å². The Labute approximate surface area is 137 Å². The van der Waals surface area contributed by atoms with E-state index in [-0.39, 0.29) is 5.56 Å². The molecule has 1 aliphatic rings. The Bertz CT molecular complexity index is 896. The third kappa shape index (κ3) is 2.97. The van der Waals surface area contributed by atoms with Crippen molar-refractivity contribution in [2.24, 2.45) is 0 Å². The molecule has 0 radical (unpaired) electrons. The van der Waals surface area contributed by atoms with Crippen molar-refractivity contribution in [3.63, 3.8) is 0 Å². The molecule has 7 heteroatoms. The minimum atomic E-state index is -0.0748. The van der Waals surface area contributed by atoms with Crippen molar-refractivity contribution in [2.75, 3.05) is 26.2 Å². The van der Waals surface area contributed by atoms with Crippen molar-refractivity contribution in [3.05, 3.63) is 57.1 Å². The minimum absolute atomic E-state index is 0.0748. The van der Waals surface area contributed by atoms with E-state index in [9.17, 15) is 4.79 Å². The van der Waals surface area contributed by atoms with E-state index in [1.807, 2.05) is 12.3 Å². The number of rotatable bonds is 3. The Kier molecular flexibility index (Phi) is 3.80. The van der Waals surface area contributed by atoms with Crippen LogP contribution >= 0.6 is 11.3 Å². The number of hydrogen-bond donors (Lipinski definition) is 0. The first kappa shape index (κ1) is 14.3. The molecule has 1 fully saturated rings. The van der Waals surface area contributed by atoms with Crippen LogP contribution in [0.2, 0.25) is 0 Å². The van der Waals surface area contributed by atoms with Crippen LogP contribution in [0.3, 0.4) is 0 Å². The molecule has 0 unspecified atom stereocenters. The van der Waals surface area contributed by atoms with Crippen LogP contribution in [0.15, 0.2) is 41.5 Å². The summed E-state index contributed by atoms with van der Waals surface area (Å²) < 4.78 is 2.07. The zero-order chi connectivity index (χ0) is 15.6. The summed E-state index contributed by atoms with van der Waals surface area (Å²) >= 11 is 1.39. The molecule has 3 aromatic rings. The van der Waals surface area contributed by atoms with Gasteiger partial charge in [0.25, 0.3) is 5.56 Å².